The van der Waals surface area contributed by atoms with Gasteiger partial charge in [0.2, 0.25) is 0 Å². The van der Waals surface area contributed by atoms with Crippen molar-refractivity contribution in [3.8, 4) is 0 Å². The highest BCUT2D eigenvalue weighted by Gasteiger charge is 1.97. The molecule has 0 unspecified atom stereocenters. The van der Waals surface area contributed by atoms with E-state index in [1.807, 2.05) is 12.2 Å². The number of allylic oxidation sites excluding steroid dienone is 3. The molecule has 0 saturated heterocycles. The van der Waals surface area contributed by atoms with Crippen LogP contribution in [0.15, 0.2) is 36.5 Å². The van der Waals surface area contributed by atoms with Crippen molar-refractivity contribution in [2.24, 2.45) is 0 Å². The van der Waals surface area contributed by atoms with Gasteiger partial charge in [-0.25, -0.2) is 0 Å². The summed E-state index contributed by atoms with van der Waals surface area (Å²) in [5.74, 6) is 0. The summed E-state index contributed by atoms with van der Waals surface area (Å²) < 4.78 is 0. The minimum Gasteiger partial charge on any atom is -0.302 e. The Bertz CT molecular complexity index is 189. The average molecular weight is 179 g/mol. The van der Waals surface area contributed by atoms with Crippen LogP contribution in [-0.4, -0.2) is 25.0 Å². The van der Waals surface area contributed by atoms with Crippen LogP contribution in [0.1, 0.15) is 20.3 Å². The second kappa shape index (κ2) is 7.81. The average Bonchev–Trinajstić information content (AvgIpc) is 2.12. The second-order valence-electron chi connectivity index (χ2n) is 3.20. The molecule has 1 nitrogen and oxygen atoms in total. The van der Waals surface area contributed by atoms with Crippen molar-refractivity contribution in [1.29, 1.82) is 0 Å². The minimum absolute atomic E-state index is 1.02. The Morgan fingerprint density at radius 2 is 2.15 bits per heavy atom. The smallest absolute Gasteiger partial charge is 0.0227 e. The van der Waals surface area contributed by atoms with Gasteiger partial charge in [0, 0.05) is 6.54 Å². The van der Waals surface area contributed by atoms with E-state index in [1.54, 1.807) is 0 Å². The van der Waals surface area contributed by atoms with E-state index >= 15 is 0 Å². The zero-order chi connectivity index (χ0) is 10.1. The van der Waals surface area contributed by atoms with Crippen molar-refractivity contribution in [2.45, 2.75) is 20.3 Å². The topological polar surface area (TPSA) is 3.24 Å². The summed E-state index contributed by atoms with van der Waals surface area (Å²) in [5.41, 5.74) is 1.34. The van der Waals surface area contributed by atoms with E-state index in [-0.39, 0.29) is 0 Å². The van der Waals surface area contributed by atoms with E-state index in [0.717, 1.165) is 13.1 Å². The molecular weight excluding hydrogens is 158 g/mol. The van der Waals surface area contributed by atoms with Crippen molar-refractivity contribution in [1.82, 2.24) is 4.90 Å². The molecule has 0 heterocycles. The maximum absolute atomic E-state index is 3.65. The van der Waals surface area contributed by atoms with E-state index in [1.165, 1.54) is 12.0 Å². The van der Waals surface area contributed by atoms with Gasteiger partial charge in [0.05, 0.1) is 0 Å². The number of hydrogen-bond donors (Lipinski definition) is 0. The van der Waals surface area contributed by atoms with Crippen molar-refractivity contribution in [3.05, 3.63) is 36.5 Å². The van der Waals surface area contributed by atoms with Crippen LogP contribution in [0.5, 0.6) is 0 Å². The highest BCUT2D eigenvalue weighted by atomic mass is 15.1. The van der Waals surface area contributed by atoms with Gasteiger partial charge >= 0.3 is 0 Å². The van der Waals surface area contributed by atoms with E-state index in [2.05, 4.69) is 44.5 Å². The fourth-order valence-electron chi connectivity index (χ4n) is 1.20. The standard InChI is InChI=1S/C12H21N/c1-5-8-9-12(7-3)11-13(4)10-6-2/h5,7-9H,1,6,10-11H2,2-4H3/b9-8-,12-7+. The lowest BCUT2D eigenvalue weighted by molar-refractivity contribution is 0.365. The van der Waals surface area contributed by atoms with Crippen molar-refractivity contribution < 1.29 is 0 Å². The van der Waals surface area contributed by atoms with Gasteiger partial charge in [-0.3, -0.25) is 0 Å². The summed E-state index contributed by atoms with van der Waals surface area (Å²) >= 11 is 0. The molecule has 0 aliphatic rings. The predicted molar refractivity (Wildman–Crippen MR) is 60.9 cm³/mol. The quantitative estimate of drug-likeness (QED) is 0.566. The Labute approximate surface area is 82.4 Å². The van der Waals surface area contributed by atoms with Crippen LogP contribution in [0.2, 0.25) is 0 Å². The molecule has 0 aliphatic heterocycles. The predicted octanol–water partition coefficient (Wildman–Crippen LogP) is 3.02. The molecule has 74 valence electrons. The molecule has 13 heavy (non-hydrogen) atoms. The summed E-state index contributed by atoms with van der Waals surface area (Å²) in [6.07, 6.45) is 9.25. The molecule has 0 atom stereocenters. The zero-order valence-corrected chi connectivity index (χ0v) is 9.09. The highest BCUT2D eigenvalue weighted by molar-refractivity contribution is 5.22. The largest absolute Gasteiger partial charge is 0.302 e. The first-order valence-corrected chi connectivity index (χ1v) is 4.87. The number of nitrogens with zero attached hydrogens (tertiary/aromatic N) is 1. The van der Waals surface area contributed by atoms with E-state index in [4.69, 9.17) is 0 Å². The SMILES string of the molecule is C=C/C=C\C(=C/C)CN(C)CCC. The van der Waals surface area contributed by atoms with Crippen LogP contribution in [0.25, 0.3) is 0 Å². The van der Waals surface area contributed by atoms with Crippen LogP contribution in [0.4, 0.5) is 0 Å². The molecule has 0 radical (unpaired) electrons. The lowest BCUT2D eigenvalue weighted by Crippen LogP contribution is -2.21. The molecule has 0 fully saturated rings. The third kappa shape index (κ3) is 6.35. The Balaban J connectivity index is 3.98. The van der Waals surface area contributed by atoms with Gasteiger partial charge in [-0.05, 0) is 32.5 Å². The highest BCUT2D eigenvalue weighted by Crippen LogP contribution is 2.00. The van der Waals surface area contributed by atoms with Gasteiger partial charge in [0.15, 0.2) is 0 Å². The lowest BCUT2D eigenvalue weighted by Gasteiger charge is -2.15. The fourth-order valence-corrected chi connectivity index (χ4v) is 1.20. The van der Waals surface area contributed by atoms with Gasteiger partial charge in [0.25, 0.3) is 0 Å². The van der Waals surface area contributed by atoms with Crippen LogP contribution in [0.3, 0.4) is 0 Å². The summed E-state index contributed by atoms with van der Waals surface area (Å²) in [5, 5.41) is 0. The van der Waals surface area contributed by atoms with Crippen LogP contribution < -0.4 is 0 Å². The first-order chi connectivity index (χ1) is 6.24. The fraction of sp³-hybridized carbons (Fsp3) is 0.500. The normalized spacial score (nSPS) is 12.8. The molecule has 0 aromatic heterocycles. The van der Waals surface area contributed by atoms with E-state index in [9.17, 15) is 0 Å². The summed E-state index contributed by atoms with van der Waals surface area (Å²) in [6, 6.07) is 0. The lowest BCUT2D eigenvalue weighted by atomic mass is 10.2. The van der Waals surface area contributed by atoms with Crippen molar-refractivity contribution in [2.75, 3.05) is 20.1 Å². The summed E-state index contributed by atoms with van der Waals surface area (Å²) in [6.45, 7) is 10.1. The van der Waals surface area contributed by atoms with Crippen LogP contribution >= 0.6 is 0 Å². The number of hydrogen-bond acceptors (Lipinski definition) is 1. The molecule has 0 aromatic carbocycles. The molecular formula is C12H21N. The van der Waals surface area contributed by atoms with Gasteiger partial charge in [-0.1, -0.05) is 37.8 Å². The maximum atomic E-state index is 3.65. The summed E-state index contributed by atoms with van der Waals surface area (Å²) in [4.78, 5) is 2.32. The van der Waals surface area contributed by atoms with Crippen LogP contribution in [0, 0.1) is 0 Å². The second-order valence-corrected chi connectivity index (χ2v) is 3.20. The molecule has 0 rings (SSSR count). The molecule has 0 amide bonds. The van der Waals surface area contributed by atoms with Gasteiger partial charge in [0.1, 0.15) is 0 Å². The van der Waals surface area contributed by atoms with Gasteiger partial charge in [-0.2, -0.15) is 0 Å². The third-order valence-electron chi connectivity index (χ3n) is 1.87. The molecule has 0 saturated carbocycles. The number of rotatable bonds is 6. The molecule has 0 bridgehead atoms. The van der Waals surface area contributed by atoms with Crippen molar-refractivity contribution >= 4 is 0 Å². The first-order valence-electron chi connectivity index (χ1n) is 4.87. The van der Waals surface area contributed by atoms with E-state index < -0.39 is 0 Å². The molecule has 0 spiro atoms. The van der Waals surface area contributed by atoms with E-state index in [0.29, 0.717) is 0 Å². The molecule has 1 heteroatoms. The molecule has 0 N–H and O–H groups in total. The Kier molecular flexibility index (Phi) is 7.32. The number of likely N-dealkylation sites (N-methyl/N-ethyl adjacent to an activating group) is 1. The van der Waals surface area contributed by atoms with Gasteiger partial charge in [-0.15, -0.1) is 0 Å². The monoisotopic (exact) mass is 179 g/mol. The van der Waals surface area contributed by atoms with Crippen molar-refractivity contribution in [3.63, 3.8) is 0 Å². The zero-order valence-electron chi connectivity index (χ0n) is 9.09. The summed E-state index contributed by atoms with van der Waals surface area (Å²) in [7, 11) is 2.15. The Morgan fingerprint density at radius 3 is 2.62 bits per heavy atom. The molecule has 0 aromatic rings. The van der Waals surface area contributed by atoms with Crippen LogP contribution in [-0.2, 0) is 0 Å². The first kappa shape index (κ1) is 12.2. The maximum Gasteiger partial charge on any atom is 0.0227 e. The Hall–Kier alpha value is -0.820. The van der Waals surface area contributed by atoms with Gasteiger partial charge < -0.3 is 4.90 Å². The minimum atomic E-state index is 1.02. The molecule has 0 aliphatic carbocycles. The Morgan fingerprint density at radius 1 is 1.46 bits per heavy atom. The third-order valence-corrected chi connectivity index (χ3v) is 1.87.